The second-order valence-corrected chi connectivity index (χ2v) is 8.90. The Bertz CT molecular complexity index is 589. The summed E-state index contributed by atoms with van der Waals surface area (Å²) in [5.74, 6) is 2.24. The van der Waals surface area contributed by atoms with E-state index >= 15 is 0 Å². The molecule has 7 heteroatoms. The van der Waals surface area contributed by atoms with E-state index in [9.17, 15) is 4.79 Å². The van der Waals surface area contributed by atoms with Gasteiger partial charge in [0, 0.05) is 37.9 Å². The van der Waals surface area contributed by atoms with Crippen LogP contribution in [0.2, 0.25) is 0 Å². The molecule has 0 radical (unpaired) electrons. The van der Waals surface area contributed by atoms with Crippen LogP contribution in [-0.2, 0) is 11.3 Å². The van der Waals surface area contributed by atoms with Gasteiger partial charge >= 0.3 is 0 Å². The number of hydrogen-bond acceptors (Lipinski definition) is 5. The van der Waals surface area contributed by atoms with Crippen LogP contribution in [0, 0.1) is 11.8 Å². The summed E-state index contributed by atoms with van der Waals surface area (Å²) in [6.07, 6.45) is 10.3. The van der Waals surface area contributed by atoms with Crippen molar-refractivity contribution in [2.45, 2.75) is 45.1 Å². The number of amides is 1. The molecule has 2 fully saturated rings. The van der Waals surface area contributed by atoms with Gasteiger partial charge in [0.1, 0.15) is 5.82 Å². The van der Waals surface area contributed by atoms with Crippen LogP contribution in [0.15, 0.2) is 16.9 Å². The Hall–Kier alpha value is -1.05. The van der Waals surface area contributed by atoms with Gasteiger partial charge in [0.2, 0.25) is 5.91 Å². The van der Waals surface area contributed by atoms with E-state index in [4.69, 9.17) is 0 Å². The molecule has 6 nitrogen and oxygen atoms in total. The summed E-state index contributed by atoms with van der Waals surface area (Å²) < 4.78 is 0.907. The van der Waals surface area contributed by atoms with Gasteiger partial charge in [-0.25, -0.2) is 9.97 Å². The average molecular weight is 438 g/mol. The number of nitrogens with one attached hydrogen (secondary N) is 1. The molecule has 1 saturated carbocycles. The Morgan fingerprint density at radius 1 is 1.15 bits per heavy atom. The first-order valence-corrected chi connectivity index (χ1v) is 11.1. The van der Waals surface area contributed by atoms with E-state index in [1.807, 2.05) is 0 Å². The molecule has 2 aliphatic rings. The number of carbonyl (C=O) groups excluding carboxylic acids is 1. The van der Waals surface area contributed by atoms with Crippen molar-refractivity contribution in [1.29, 1.82) is 0 Å². The maximum atomic E-state index is 12.8. The normalized spacial score (nSPS) is 24.6. The summed E-state index contributed by atoms with van der Waals surface area (Å²) in [6, 6.07) is 0. The third kappa shape index (κ3) is 6.50. The van der Waals surface area contributed by atoms with Gasteiger partial charge in [0.05, 0.1) is 11.0 Å². The highest BCUT2D eigenvalue weighted by Gasteiger charge is 2.29. The molecule has 1 N–H and O–H groups in total. The first kappa shape index (κ1) is 20.7. The van der Waals surface area contributed by atoms with E-state index in [1.165, 1.54) is 19.3 Å². The smallest absolute Gasteiger partial charge is 0.225 e. The Balaban J connectivity index is 1.32. The van der Waals surface area contributed by atoms with Crippen LogP contribution < -0.4 is 5.32 Å². The molecule has 1 aliphatic carbocycles. The van der Waals surface area contributed by atoms with Gasteiger partial charge in [-0.1, -0.05) is 0 Å². The highest BCUT2D eigenvalue weighted by atomic mass is 79.9. The molecular weight excluding hydrogens is 406 g/mol. The van der Waals surface area contributed by atoms with Crippen LogP contribution in [0.25, 0.3) is 0 Å². The zero-order valence-corrected chi connectivity index (χ0v) is 18.0. The third-order valence-corrected chi connectivity index (χ3v) is 6.32. The zero-order chi connectivity index (χ0) is 19.1. The fourth-order valence-electron chi connectivity index (χ4n) is 4.16. The minimum absolute atomic E-state index is 0.258. The van der Waals surface area contributed by atoms with Crippen molar-refractivity contribution >= 4 is 21.8 Å². The number of carbonyl (C=O) groups is 1. The van der Waals surface area contributed by atoms with Crippen LogP contribution in [0.1, 0.15) is 44.3 Å². The molecule has 27 heavy (non-hydrogen) atoms. The van der Waals surface area contributed by atoms with Gasteiger partial charge in [-0.15, -0.1) is 0 Å². The first-order chi connectivity index (χ1) is 13.1. The third-order valence-electron chi connectivity index (χ3n) is 5.91. The molecule has 1 amide bonds. The molecule has 0 unspecified atom stereocenters. The summed E-state index contributed by atoms with van der Waals surface area (Å²) >= 11 is 3.35. The molecule has 3 rings (SSSR count). The Morgan fingerprint density at radius 3 is 2.63 bits per heavy atom. The summed E-state index contributed by atoms with van der Waals surface area (Å²) in [7, 11) is 2.15. The van der Waals surface area contributed by atoms with Crippen molar-refractivity contribution in [3.8, 4) is 0 Å². The van der Waals surface area contributed by atoms with Crippen molar-refractivity contribution in [1.82, 2.24) is 25.1 Å². The second-order valence-electron chi connectivity index (χ2n) is 7.98. The van der Waals surface area contributed by atoms with E-state index < -0.39 is 0 Å². The molecule has 1 aliphatic heterocycles. The first-order valence-electron chi connectivity index (χ1n) is 10.3. The van der Waals surface area contributed by atoms with E-state index in [-0.39, 0.29) is 5.92 Å². The molecule has 150 valence electrons. The largest absolute Gasteiger partial charge is 0.341 e. The Labute approximate surface area is 171 Å². The highest BCUT2D eigenvalue weighted by molar-refractivity contribution is 9.10. The van der Waals surface area contributed by atoms with Gasteiger partial charge < -0.3 is 15.1 Å². The van der Waals surface area contributed by atoms with Crippen molar-refractivity contribution < 1.29 is 4.79 Å². The lowest BCUT2D eigenvalue weighted by molar-refractivity contribution is -0.136. The lowest BCUT2D eigenvalue weighted by Crippen LogP contribution is -2.40. The summed E-state index contributed by atoms with van der Waals surface area (Å²) in [5.41, 5.74) is 0. The summed E-state index contributed by atoms with van der Waals surface area (Å²) in [6.45, 7) is 5.65. The van der Waals surface area contributed by atoms with Crippen molar-refractivity contribution in [3.05, 3.63) is 22.7 Å². The van der Waals surface area contributed by atoms with Gasteiger partial charge in [-0.05, 0) is 80.5 Å². The van der Waals surface area contributed by atoms with Gasteiger partial charge in [0.25, 0.3) is 0 Å². The highest BCUT2D eigenvalue weighted by Crippen LogP contribution is 2.32. The SMILES string of the molecule is CN1CCCN(C(=O)C2CCC(CCNCc3ncc(Br)cn3)CC2)CC1. The number of aromatic nitrogens is 2. The van der Waals surface area contributed by atoms with Crippen molar-refractivity contribution in [2.24, 2.45) is 11.8 Å². The molecular formula is C20H32BrN5O. The second kappa shape index (κ2) is 10.5. The van der Waals surface area contributed by atoms with Gasteiger partial charge in [-0.2, -0.15) is 0 Å². The molecule has 0 aromatic carbocycles. The van der Waals surface area contributed by atoms with E-state index in [1.54, 1.807) is 12.4 Å². The Kier molecular flexibility index (Phi) is 8.03. The molecule has 1 aromatic heterocycles. The predicted molar refractivity (Wildman–Crippen MR) is 110 cm³/mol. The number of rotatable bonds is 6. The average Bonchev–Trinajstić information content (AvgIpc) is 2.91. The van der Waals surface area contributed by atoms with Crippen molar-refractivity contribution in [3.63, 3.8) is 0 Å². The Morgan fingerprint density at radius 2 is 1.89 bits per heavy atom. The number of halogens is 1. The lowest BCUT2D eigenvalue weighted by Gasteiger charge is -2.31. The number of nitrogens with zero attached hydrogens (tertiary/aromatic N) is 4. The number of likely N-dealkylation sites (N-methyl/N-ethyl adjacent to an activating group) is 1. The monoisotopic (exact) mass is 437 g/mol. The van der Waals surface area contributed by atoms with Crippen LogP contribution >= 0.6 is 15.9 Å². The quantitative estimate of drug-likeness (QED) is 0.693. The van der Waals surface area contributed by atoms with E-state index in [0.717, 1.165) is 68.2 Å². The van der Waals surface area contributed by atoms with Crippen LogP contribution in [0.4, 0.5) is 0 Å². The molecule has 0 atom stereocenters. The zero-order valence-electron chi connectivity index (χ0n) is 16.4. The molecule has 2 heterocycles. The lowest BCUT2D eigenvalue weighted by atomic mass is 9.80. The molecule has 1 aromatic rings. The standard InChI is InChI=1S/C20H32BrN5O/c1-25-9-2-10-26(12-11-25)20(27)17-5-3-16(4-6-17)7-8-22-15-19-23-13-18(21)14-24-19/h13-14,16-17,22H,2-12,15H2,1H3. The maximum absolute atomic E-state index is 12.8. The molecule has 1 saturated heterocycles. The van der Waals surface area contributed by atoms with Gasteiger partial charge in [0.15, 0.2) is 0 Å². The minimum atomic E-state index is 0.258. The van der Waals surface area contributed by atoms with Crippen molar-refractivity contribution in [2.75, 3.05) is 39.8 Å². The topological polar surface area (TPSA) is 61.4 Å². The van der Waals surface area contributed by atoms with Crippen LogP contribution in [0.3, 0.4) is 0 Å². The number of hydrogen-bond donors (Lipinski definition) is 1. The maximum Gasteiger partial charge on any atom is 0.225 e. The summed E-state index contributed by atoms with van der Waals surface area (Å²) in [5, 5.41) is 3.45. The fourth-order valence-corrected chi connectivity index (χ4v) is 4.36. The molecule has 0 bridgehead atoms. The van der Waals surface area contributed by atoms with Gasteiger partial charge in [-0.3, -0.25) is 4.79 Å². The van der Waals surface area contributed by atoms with E-state index in [0.29, 0.717) is 12.5 Å². The van der Waals surface area contributed by atoms with E-state index in [2.05, 4.69) is 48.1 Å². The summed E-state index contributed by atoms with van der Waals surface area (Å²) in [4.78, 5) is 25.9. The van der Waals surface area contributed by atoms with Crippen LogP contribution in [0.5, 0.6) is 0 Å². The fraction of sp³-hybridized carbons (Fsp3) is 0.750. The molecule has 0 spiro atoms. The predicted octanol–water partition coefficient (Wildman–Crippen LogP) is 2.69. The minimum Gasteiger partial charge on any atom is -0.341 e. The van der Waals surface area contributed by atoms with Crippen LogP contribution in [-0.4, -0.2) is 65.4 Å².